The molecule has 0 aromatic rings. The second kappa shape index (κ2) is 5.46. The van der Waals surface area contributed by atoms with Gasteiger partial charge in [-0.15, -0.1) is 0 Å². The molecule has 0 saturated heterocycles. The van der Waals surface area contributed by atoms with Crippen LogP contribution in [0, 0.1) is 11.8 Å². The molecule has 2 fully saturated rings. The third-order valence-electron chi connectivity index (χ3n) is 4.09. The monoisotopic (exact) mass is 223 g/mol. The molecule has 2 aliphatic carbocycles. The van der Waals surface area contributed by atoms with Crippen molar-refractivity contribution in [3.05, 3.63) is 0 Å². The highest BCUT2D eigenvalue weighted by atomic mass is 16.4. The van der Waals surface area contributed by atoms with E-state index in [1.54, 1.807) is 0 Å². The van der Waals surface area contributed by atoms with Gasteiger partial charge < -0.3 is 5.21 Å². The minimum absolute atomic E-state index is 0.244. The Kier molecular flexibility index (Phi) is 3.97. The van der Waals surface area contributed by atoms with Crippen LogP contribution in [0.15, 0.2) is 5.16 Å². The van der Waals surface area contributed by atoms with Gasteiger partial charge in [0, 0.05) is 18.3 Å². The van der Waals surface area contributed by atoms with Crippen molar-refractivity contribution < 1.29 is 10.0 Å². The van der Waals surface area contributed by atoms with Crippen LogP contribution in [0.1, 0.15) is 57.8 Å². The van der Waals surface area contributed by atoms with Crippen molar-refractivity contribution in [1.82, 2.24) is 0 Å². The Balaban J connectivity index is 1.94. The zero-order chi connectivity index (χ0) is 11.4. The molecule has 3 nitrogen and oxygen atoms in total. The van der Waals surface area contributed by atoms with Crippen molar-refractivity contribution in [3.63, 3.8) is 0 Å². The van der Waals surface area contributed by atoms with Crippen LogP contribution >= 0.6 is 0 Å². The van der Waals surface area contributed by atoms with E-state index >= 15 is 0 Å². The highest BCUT2D eigenvalue weighted by Crippen LogP contribution is 2.32. The van der Waals surface area contributed by atoms with E-state index in [4.69, 9.17) is 5.21 Å². The van der Waals surface area contributed by atoms with Crippen molar-refractivity contribution in [1.29, 1.82) is 0 Å². The standard InChI is InChI=1S/C13H21NO2/c15-13-8-4-2-6-11(13)9-10-5-1-3-7-12(10)14-16/h10-11,16H,1-9H2. The van der Waals surface area contributed by atoms with Crippen LogP contribution in [0.2, 0.25) is 0 Å². The molecule has 16 heavy (non-hydrogen) atoms. The van der Waals surface area contributed by atoms with Gasteiger partial charge in [-0.2, -0.15) is 0 Å². The van der Waals surface area contributed by atoms with Gasteiger partial charge in [-0.3, -0.25) is 4.79 Å². The van der Waals surface area contributed by atoms with Crippen LogP contribution in [0.3, 0.4) is 0 Å². The summed E-state index contributed by atoms with van der Waals surface area (Å²) in [5.41, 5.74) is 0.935. The minimum Gasteiger partial charge on any atom is -0.411 e. The molecular formula is C13H21NO2. The first-order valence-electron chi connectivity index (χ1n) is 6.55. The molecule has 0 heterocycles. The van der Waals surface area contributed by atoms with Crippen LogP contribution < -0.4 is 0 Å². The lowest BCUT2D eigenvalue weighted by Gasteiger charge is -2.28. The second-order valence-corrected chi connectivity index (χ2v) is 5.18. The molecule has 0 spiro atoms. The summed E-state index contributed by atoms with van der Waals surface area (Å²) in [5, 5.41) is 12.4. The van der Waals surface area contributed by atoms with Gasteiger partial charge >= 0.3 is 0 Å². The first kappa shape index (κ1) is 11.6. The lowest BCUT2D eigenvalue weighted by atomic mass is 9.76. The number of rotatable bonds is 2. The molecule has 2 unspecified atom stereocenters. The van der Waals surface area contributed by atoms with Crippen LogP contribution in [-0.2, 0) is 4.79 Å². The zero-order valence-corrected chi connectivity index (χ0v) is 9.82. The summed E-state index contributed by atoms with van der Waals surface area (Å²) < 4.78 is 0. The predicted molar refractivity (Wildman–Crippen MR) is 62.8 cm³/mol. The van der Waals surface area contributed by atoms with E-state index in [2.05, 4.69) is 5.16 Å². The van der Waals surface area contributed by atoms with E-state index in [0.29, 0.717) is 11.7 Å². The Bertz CT molecular complexity index is 286. The Morgan fingerprint density at radius 3 is 2.44 bits per heavy atom. The number of oxime groups is 1. The van der Waals surface area contributed by atoms with E-state index < -0.39 is 0 Å². The maximum absolute atomic E-state index is 11.8. The number of carbonyl (C=O) groups is 1. The first-order chi connectivity index (χ1) is 7.81. The number of hydrogen-bond acceptors (Lipinski definition) is 3. The van der Waals surface area contributed by atoms with Gasteiger partial charge in [0.05, 0.1) is 5.71 Å². The second-order valence-electron chi connectivity index (χ2n) is 5.18. The van der Waals surface area contributed by atoms with Crippen LogP contribution in [-0.4, -0.2) is 16.7 Å². The Hall–Kier alpha value is -0.860. The van der Waals surface area contributed by atoms with Crippen molar-refractivity contribution in [3.8, 4) is 0 Å². The zero-order valence-electron chi connectivity index (χ0n) is 9.82. The summed E-state index contributed by atoms with van der Waals surface area (Å²) in [5.74, 6) is 1.05. The molecule has 0 aromatic carbocycles. The van der Waals surface area contributed by atoms with Crippen molar-refractivity contribution >= 4 is 11.5 Å². The van der Waals surface area contributed by atoms with Crippen LogP contribution in [0.25, 0.3) is 0 Å². The van der Waals surface area contributed by atoms with Crippen molar-refractivity contribution in [2.45, 2.75) is 57.8 Å². The topological polar surface area (TPSA) is 49.7 Å². The summed E-state index contributed by atoms with van der Waals surface area (Å²) in [4.78, 5) is 11.8. The maximum atomic E-state index is 11.8. The molecular weight excluding hydrogens is 202 g/mol. The Morgan fingerprint density at radius 2 is 1.75 bits per heavy atom. The van der Waals surface area contributed by atoms with Crippen LogP contribution in [0.4, 0.5) is 0 Å². The van der Waals surface area contributed by atoms with Gasteiger partial charge in [-0.25, -0.2) is 0 Å². The van der Waals surface area contributed by atoms with Gasteiger partial charge in [0.15, 0.2) is 0 Å². The summed E-state index contributed by atoms with van der Waals surface area (Å²) >= 11 is 0. The average molecular weight is 223 g/mol. The molecule has 0 amide bonds. The molecule has 2 rings (SSSR count). The fourth-order valence-corrected chi connectivity index (χ4v) is 3.10. The predicted octanol–water partition coefficient (Wildman–Crippen LogP) is 3.16. The molecule has 2 aliphatic rings. The number of Topliss-reactive ketones (excluding diaryl/α,β-unsaturated/α-hetero) is 1. The van der Waals surface area contributed by atoms with Gasteiger partial charge in [-0.1, -0.05) is 18.0 Å². The summed E-state index contributed by atoms with van der Waals surface area (Å²) in [6.07, 6.45) is 9.37. The molecule has 0 aromatic heterocycles. The van der Waals surface area contributed by atoms with Gasteiger partial charge in [-0.05, 0) is 38.5 Å². The average Bonchev–Trinajstić information content (AvgIpc) is 2.33. The molecule has 0 bridgehead atoms. The fourth-order valence-electron chi connectivity index (χ4n) is 3.10. The first-order valence-corrected chi connectivity index (χ1v) is 6.55. The molecule has 1 N–H and O–H groups in total. The number of carbonyl (C=O) groups excluding carboxylic acids is 1. The third kappa shape index (κ3) is 2.63. The third-order valence-corrected chi connectivity index (χ3v) is 4.09. The quantitative estimate of drug-likeness (QED) is 0.577. The maximum Gasteiger partial charge on any atom is 0.135 e. The molecule has 2 atom stereocenters. The largest absolute Gasteiger partial charge is 0.411 e. The summed E-state index contributed by atoms with van der Waals surface area (Å²) in [7, 11) is 0. The van der Waals surface area contributed by atoms with E-state index in [-0.39, 0.29) is 5.92 Å². The van der Waals surface area contributed by atoms with Crippen molar-refractivity contribution in [2.75, 3.05) is 0 Å². The highest BCUT2D eigenvalue weighted by molar-refractivity contribution is 5.88. The lowest BCUT2D eigenvalue weighted by molar-refractivity contribution is -0.125. The molecule has 0 aliphatic heterocycles. The fraction of sp³-hybridized carbons (Fsp3) is 0.846. The molecule has 90 valence electrons. The normalized spacial score (nSPS) is 34.2. The smallest absolute Gasteiger partial charge is 0.135 e. The number of nitrogens with zero attached hydrogens (tertiary/aromatic N) is 1. The van der Waals surface area contributed by atoms with Gasteiger partial charge in [0.2, 0.25) is 0 Å². The van der Waals surface area contributed by atoms with Crippen LogP contribution in [0.5, 0.6) is 0 Å². The van der Waals surface area contributed by atoms with Gasteiger partial charge in [0.25, 0.3) is 0 Å². The number of hydrogen-bond donors (Lipinski definition) is 1. The molecule has 2 saturated carbocycles. The van der Waals surface area contributed by atoms with E-state index in [0.717, 1.165) is 50.7 Å². The summed E-state index contributed by atoms with van der Waals surface area (Å²) in [6.45, 7) is 0. The Labute approximate surface area is 96.9 Å². The van der Waals surface area contributed by atoms with Gasteiger partial charge in [0.1, 0.15) is 5.78 Å². The SMILES string of the molecule is O=C1CCCCC1CC1CCCCC1=NO. The molecule has 3 heteroatoms. The van der Waals surface area contributed by atoms with E-state index in [1.165, 1.54) is 12.8 Å². The summed E-state index contributed by atoms with van der Waals surface area (Å²) in [6, 6.07) is 0. The van der Waals surface area contributed by atoms with Crippen molar-refractivity contribution in [2.24, 2.45) is 17.0 Å². The molecule has 0 radical (unpaired) electrons. The highest BCUT2D eigenvalue weighted by Gasteiger charge is 2.29. The lowest BCUT2D eigenvalue weighted by Crippen LogP contribution is -2.27. The Morgan fingerprint density at radius 1 is 1.06 bits per heavy atom. The van der Waals surface area contributed by atoms with E-state index in [1.807, 2.05) is 0 Å². The van der Waals surface area contributed by atoms with E-state index in [9.17, 15) is 4.79 Å². The number of ketones is 1. The minimum atomic E-state index is 0.244.